The van der Waals surface area contributed by atoms with Crippen LogP contribution in [0.15, 0.2) is 91.0 Å². The van der Waals surface area contributed by atoms with E-state index in [4.69, 9.17) is 0 Å². The van der Waals surface area contributed by atoms with Crippen LogP contribution in [0.1, 0.15) is 0 Å². The Bertz CT molecular complexity index is 742. The molecule has 0 saturated heterocycles. The zero-order chi connectivity index (χ0) is 18.7. The second-order valence-electron chi connectivity index (χ2n) is 8.22. The molecule has 3 rings (SSSR count). The maximum absolute atomic E-state index is 2.90. The number of halogens is 1. The molecular weight excluding hydrogens is 462 g/mol. The van der Waals surface area contributed by atoms with Gasteiger partial charge >= 0.3 is 173 Å². The molecule has 0 radical (unpaired) electrons. The standard InChI is InChI=1S/C23H28IPSi/c1-26(2,3)20-19-25(24,21-13-7-4-8-14-21,22-15-9-5-10-16-22)23-17-11-6-12-18-23/h4-18H,19-20H2,1-3H3. The van der Waals surface area contributed by atoms with Crippen LogP contribution in [0.3, 0.4) is 0 Å². The van der Waals surface area contributed by atoms with Crippen molar-refractivity contribution in [2.24, 2.45) is 0 Å². The molecule has 0 bridgehead atoms. The molecule has 0 amide bonds. The number of hydrogen-bond acceptors (Lipinski definition) is 0. The molecule has 3 aromatic rings. The van der Waals surface area contributed by atoms with Gasteiger partial charge in [-0.25, -0.2) is 0 Å². The summed E-state index contributed by atoms with van der Waals surface area (Å²) >= 11 is 2.90. The fraction of sp³-hybridized carbons (Fsp3) is 0.217. The first kappa shape index (κ1) is 19.8. The first-order valence-corrected chi connectivity index (χ1v) is 18.2. The normalized spacial score (nSPS) is 13.8. The summed E-state index contributed by atoms with van der Waals surface area (Å²) < 4.78 is -2.54. The van der Waals surface area contributed by atoms with Gasteiger partial charge in [0.1, 0.15) is 0 Å². The van der Waals surface area contributed by atoms with Crippen molar-refractivity contribution in [3.8, 4) is 0 Å². The molecule has 0 aromatic heterocycles. The molecule has 136 valence electrons. The minimum absolute atomic E-state index is 1.18. The third-order valence-electron chi connectivity index (χ3n) is 5.17. The molecule has 0 N–H and O–H groups in total. The van der Waals surface area contributed by atoms with Crippen LogP contribution < -0.4 is 15.9 Å². The van der Waals surface area contributed by atoms with Gasteiger partial charge in [0.25, 0.3) is 0 Å². The second kappa shape index (κ2) is 7.57. The van der Waals surface area contributed by atoms with Crippen LogP contribution in [-0.4, -0.2) is 14.2 Å². The van der Waals surface area contributed by atoms with Crippen molar-refractivity contribution in [3.05, 3.63) is 91.0 Å². The Balaban J connectivity index is 2.35. The molecule has 0 spiro atoms. The van der Waals surface area contributed by atoms with Crippen molar-refractivity contribution in [2.75, 3.05) is 6.16 Å². The van der Waals surface area contributed by atoms with E-state index in [1.807, 2.05) is 0 Å². The van der Waals surface area contributed by atoms with E-state index in [0.29, 0.717) is 0 Å². The van der Waals surface area contributed by atoms with Crippen molar-refractivity contribution in [2.45, 2.75) is 25.7 Å². The van der Waals surface area contributed by atoms with Crippen LogP contribution in [0.5, 0.6) is 0 Å². The molecule has 0 aliphatic carbocycles. The molecule has 0 aliphatic rings. The number of rotatable bonds is 6. The van der Waals surface area contributed by atoms with E-state index in [-0.39, 0.29) is 0 Å². The predicted octanol–water partition coefficient (Wildman–Crippen LogP) is 6.20. The van der Waals surface area contributed by atoms with Gasteiger partial charge in [-0.15, -0.1) is 0 Å². The van der Waals surface area contributed by atoms with Gasteiger partial charge in [-0.2, -0.15) is 0 Å². The van der Waals surface area contributed by atoms with E-state index in [9.17, 15) is 0 Å². The molecule has 0 aliphatic heterocycles. The monoisotopic (exact) mass is 490 g/mol. The van der Waals surface area contributed by atoms with Crippen LogP contribution in [-0.2, 0) is 0 Å². The van der Waals surface area contributed by atoms with E-state index in [2.05, 4.69) is 133 Å². The quantitative estimate of drug-likeness (QED) is 0.219. The molecule has 3 heteroatoms. The van der Waals surface area contributed by atoms with E-state index >= 15 is 0 Å². The molecule has 0 heterocycles. The summed E-state index contributed by atoms with van der Waals surface area (Å²) in [4.78, 5) is 0. The number of hydrogen-bond donors (Lipinski definition) is 0. The zero-order valence-corrected chi connectivity index (χ0v) is 20.0. The summed E-state index contributed by atoms with van der Waals surface area (Å²) in [5.41, 5.74) is 0. The molecule has 0 nitrogen and oxygen atoms in total. The predicted molar refractivity (Wildman–Crippen MR) is 132 cm³/mol. The Kier molecular flexibility index (Phi) is 5.77. The summed E-state index contributed by atoms with van der Waals surface area (Å²) in [6.45, 7) is 7.48. The van der Waals surface area contributed by atoms with Gasteiger partial charge in [-0.05, 0) is 0 Å². The van der Waals surface area contributed by atoms with E-state index in [0.717, 1.165) is 0 Å². The summed E-state index contributed by atoms with van der Waals surface area (Å²) in [5, 5.41) is 4.49. The molecule has 3 aromatic carbocycles. The Morgan fingerprint density at radius 2 is 0.923 bits per heavy atom. The van der Waals surface area contributed by atoms with Gasteiger partial charge in [0, 0.05) is 0 Å². The van der Waals surface area contributed by atoms with Crippen molar-refractivity contribution < 1.29 is 0 Å². The van der Waals surface area contributed by atoms with E-state index in [1.54, 1.807) is 0 Å². The van der Waals surface area contributed by atoms with E-state index in [1.165, 1.54) is 28.1 Å². The third-order valence-corrected chi connectivity index (χ3v) is 19.0. The van der Waals surface area contributed by atoms with E-state index < -0.39 is 12.3 Å². The summed E-state index contributed by atoms with van der Waals surface area (Å²) in [6, 6.07) is 35.1. The second-order valence-corrected chi connectivity index (χ2v) is 24.6. The topological polar surface area (TPSA) is 0 Å². The average Bonchev–Trinajstić information content (AvgIpc) is 2.68. The molecule has 0 fully saturated rings. The Morgan fingerprint density at radius 3 is 1.19 bits per heavy atom. The summed E-state index contributed by atoms with van der Waals surface area (Å²) in [6.07, 6.45) is 1.24. The van der Waals surface area contributed by atoms with Crippen molar-refractivity contribution >= 4 is 50.3 Å². The van der Waals surface area contributed by atoms with Crippen LogP contribution >= 0.6 is 26.3 Å². The summed E-state index contributed by atoms with van der Waals surface area (Å²) in [7, 11) is -1.18. The van der Waals surface area contributed by atoms with Gasteiger partial charge in [0.2, 0.25) is 0 Å². The molecule has 26 heavy (non-hydrogen) atoms. The zero-order valence-electron chi connectivity index (χ0n) is 15.9. The van der Waals surface area contributed by atoms with Crippen LogP contribution in [0.2, 0.25) is 25.7 Å². The van der Waals surface area contributed by atoms with Gasteiger partial charge in [0.15, 0.2) is 0 Å². The molecular formula is C23H28IPSi. The molecule has 0 atom stereocenters. The van der Waals surface area contributed by atoms with Crippen LogP contribution in [0.4, 0.5) is 0 Å². The fourth-order valence-corrected chi connectivity index (χ4v) is 17.1. The first-order valence-electron chi connectivity index (χ1n) is 9.24. The van der Waals surface area contributed by atoms with Gasteiger partial charge in [-0.1, -0.05) is 0 Å². The summed E-state index contributed by atoms with van der Waals surface area (Å²) in [5.74, 6) is 0. The van der Waals surface area contributed by atoms with Gasteiger partial charge < -0.3 is 0 Å². The van der Waals surface area contributed by atoms with Gasteiger partial charge in [0.05, 0.1) is 0 Å². The third kappa shape index (κ3) is 3.69. The number of benzene rings is 3. The van der Waals surface area contributed by atoms with Crippen molar-refractivity contribution in [3.63, 3.8) is 0 Å². The van der Waals surface area contributed by atoms with Crippen LogP contribution in [0, 0.1) is 0 Å². The maximum atomic E-state index is 2.90. The SMILES string of the molecule is C[Si](C)(C)CCP(I)(c1ccccc1)(c1ccccc1)c1ccccc1. The minimum atomic E-state index is -2.54. The Hall–Kier alpha value is -0.963. The fourth-order valence-electron chi connectivity index (χ4n) is 3.60. The average molecular weight is 490 g/mol. The Morgan fingerprint density at radius 1 is 0.615 bits per heavy atom. The van der Waals surface area contributed by atoms with Gasteiger partial charge in [-0.3, -0.25) is 0 Å². The molecule has 0 unspecified atom stereocenters. The first-order chi connectivity index (χ1) is 12.3. The van der Waals surface area contributed by atoms with Crippen molar-refractivity contribution in [1.82, 2.24) is 0 Å². The molecule has 0 saturated carbocycles. The Labute approximate surface area is 172 Å². The van der Waals surface area contributed by atoms with Crippen molar-refractivity contribution in [1.29, 1.82) is 0 Å². The van der Waals surface area contributed by atoms with Crippen LogP contribution in [0.25, 0.3) is 0 Å².